The van der Waals surface area contributed by atoms with Gasteiger partial charge in [-0.15, -0.1) is 0 Å². The molecule has 0 radical (unpaired) electrons. The average Bonchev–Trinajstić information content (AvgIpc) is 2.74. The molecule has 4 rings (SSSR count). The molecule has 1 saturated heterocycles. The van der Waals surface area contributed by atoms with Crippen LogP contribution in [0.1, 0.15) is 46.5 Å². The lowest BCUT2D eigenvalue weighted by molar-refractivity contribution is 0.0699. The Morgan fingerprint density at radius 2 is 1.89 bits per heavy atom. The van der Waals surface area contributed by atoms with Gasteiger partial charge in [0.2, 0.25) is 0 Å². The van der Waals surface area contributed by atoms with Crippen LogP contribution in [0.5, 0.6) is 0 Å². The van der Waals surface area contributed by atoms with Gasteiger partial charge in [0, 0.05) is 49.4 Å². The maximum Gasteiger partial charge on any atom is 0.274 e. The highest BCUT2D eigenvalue weighted by Gasteiger charge is 2.29. The van der Waals surface area contributed by atoms with Crippen molar-refractivity contribution in [3.05, 3.63) is 66.0 Å². The summed E-state index contributed by atoms with van der Waals surface area (Å²) in [5, 5.41) is 0. The Morgan fingerprint density at radius 3 is 2.64 bits per heavy atom. The van der Waals surface area contributed by atoms with E-state index in [1.807, 2.05) is 37.1 Å². The van der Waals surface area contributed by atoms with Gasteiger partial charge in [-0.2, -0.15) is 0 Å². The molecule has 142 valence electrons. The standard InChI is InChI=1S/C21H22N6O/c1-14-10-25-19(12-23-14)21(28)27-9-3-4-17(13-27)20-18(11-24-15(2)26-20)16-5-7-22-8-6-16/h5-8,10-12,17H,3-4,9,13H2,1-2H3/t17-/m1/s1. The van der Waals surface area contributed by atoms with Crippen LogP contribution >= 0.6 is 0 Å². The van der Waals surface area contributed by atoms with Crippen molar-refractivity contribution in [2.45, 2.75) is 32.6 Å². The molecule has 1 fully saturated rings. The molecule has 0 spiro atoms. The lowest BCUT2D eigenvalue weighted by Gasteiger charge is -2.33. The third kappa shape index (κ3) is 3.74. The number of rotatable bonds is 3. The molecule has 3 aromatic heterocycles. The summed E-state index contributed by atoms with van der Waals surface area (Å²) in [6.07, 6.45) is 10.5. The molecule has 1 amide bonds. The van der Waals surface area contributed by atoms with Gasteiger partial charge < -0.3 is 4.90 Å². The monoisotopic (exact) mass is 374 g/mol. The number of likely N-dealkylation sites (tertiary alicyclic amines) is 1. The summed E-state index contributed by atoms with van der Waals surface area (Å²) in [5.74, 6) is 0.815. The first-order chi connectivity index (χ1) is 13.6. The third-order valence-corrected chi connectivity index (χ3v) is 5.03. The van der Waals surface area contributed by atoms with Crippen molar-refractivity contribution in [2.24, 2.45) is 0 Å². The van der Waals surface area contributed by atoms with Crippen molar-refractivity contribution in [3.63, 3.8) is 0 Å². The zero-order valence-corrected chi connectivity index (χ0v) is 16.0. The summed E-state index contributed by atoms with van der Waals surface area (Å²) in [6.45, 7) is 5.09. The van der Waals surface area contributed by atoms with E-state index in [4.69, 9.17) is 4.98 Å². The van der Waals surface area contributed by atoms with Crippen LogP contribution < -0.4 is 0 Å². The molecule has 3 aromatic rings. The minimum absolute atomic E-state index is 0.0755. The molecule has 1 atom stereocenters. The van der Waals surface area contributed by atoms with E-state index in [9.17, 15) is 4.79 Å². The van der Waals surface area contributed by atoms with E-state index in [0.29, 0.717) is 12.2 Å². The molecule has 1 aliphatic heterocycles. The largest absolute Gasteiger partial charge is 0.337 e. The summed E-state index contributed by atoms with van der Waals surface area (Å²) in [4.78, 5) is 36.4. The second-order valence-electron chi connectivity index (χ2n) is 7.09. The molecule has 1 aliphatic rings. The number of nitrogens with zero attached hydrogens (tertiary/aromatic N) is 6. The van der Waals surface area contributed by atoms with Crippen LogP contribution in [0.3, 0.4) is 0 Å². The maximum atomic E-state index is 12.9. The fraction of sp³-hybridized carbons (Fsp3) is 0.333. The van der Waals surface area contributed by atoms with Gasteiger partial charge in [0.25, 0.3) is 5.91 Å². The number of hydrogen-bond acceptors (Lipinski definition) is 6. The first-order valence-electron chi connectivity index (χ1n) is 9.43. The van der Waals surface area contributed by atoms with E-state index in [1.54, 1.807) is 24.8 Å². The first-order valence-corrected chi connectivity index (χ1v) is 9.43. The van der Waals surface area contributed by atoms with Crippen molar-refractivity contribution in [1.29, 1.82) is 0 Å². The second kappa shape index (κ2) is 7.80. The van der Waals surface area contributed by atoms with Gasteiger partial charge in [0.05, 0.1) is 17.6 Å². The van der Waals surface area contributed by atoms with Crippen molar-refractivity contribution >= 4 is 5.91 Å². The highest BCUT2D eigenvalue weighted by molar-refractivity contribution is 5.92. The van der Waals surface area contributed by atoms with Gasteiger partial charge >= 0.3 is 0 Å². The molecule has 7 nitrogen and oxygen atoms in total. The zero-order valence-electron chi connectivity index (χ0n) is 16.0. The highest BCUT2D eigenvalue weighted by atomic mass is 16.2. The molecule has 4 heterocycles. The lowest BCUT2D eigenvalue weighted by atomic mass is 9.90. The van der Waals surface area contributed by atoms with Gasteiger partial charge in [-0.05, 0) is 44.4 Å². The zero-order chi connectivity index (χ0) is 19.5. The Balaban J connectivity index is 1.62. The summed E-state index contributed by atoms with van der Waals surface area (Å²) in [5.41, 5.74) is 4.22. The number of pyridine rings is 1. The number of amides is 1. The predicted octanol–water partition coefficient (Wildman–Crippen LogP) is 2.97. The predicted molar refractivity (Wildman–Crippen MR) is 105 cm³/mol. The summed E-state index contributed by atoms with van der Waals surface area (Å²) < 4.78 is 0. The van der Waals surface area contributed by atoms with E-state index in [-0.39, 0.29) is 11.8 Å². The van der Waals surface area contributed by atoms with E-state index >= 15 is 0 Å². The molecular formula is C21H22N6O. The van der Waals surface area contributed by atoms with E-state index < -0.39 is 0 Å². The first kappa shape index (κ1) is 18.2. The average molecular weight is 374 g/mol. The van der Waals surface area contributed by atoms with Crippen molar-refractivity contribution in [3.8, 4) is 11.1 Å². The third-order valence-electron chi connectivity index (χ3n) is 5.03. The quantitative estimate of drug-likeness (QED) is 0.701. The van der Waals surface area contributed by atoms with Crippen LogP contribution in [-0.4, -0.2) is 48.8 Å². The Hall–Kier alpha value is -3.22. The van der Waals surface area contributed by atoms with Gasteiger partial charge in [-0.3, -0.25) is 14.8 Å². The topological polar surface area (TPSA) is 84.8 Å². The number of carbonyl (C=O) groups excluding carboxylic acids is 1. The summed E-state index contributed by atoms with van der Waals surface area (Å²) >= 11 is 0. The molecule has 0 bridgehead atoms. The Bertz CT molecular complexity index is 974. The number of aromatic nitrogens is 5. The molecule has 28 heavy (non-hydrogen) atoms. The van der Waals surface area contributed by atoms with Gasteiger partial charge in [-0.1, -0.05) is 0 Å². The van der Waals surface area contributed by atoms with E-state index in [2.05, 4.69) is 19.9 Å². The van der Waals surface area contributed by atoms with Gasteiger partial charge in [-0.25, -0.2) is 15.0 Å². The van der Waals surface area contributed by atoms with Crippen LogP contribution in [-0.2, 0) is 0 Å². The maximum absolute atomic E-state index is 12.9. The SMILES string of the molecule is Cc1cnc(C(=O)N2CCC[C@@H](c3nc(C)ncc3-c3ccncc3)C2)cn1. The van der Waals surface area contributed by atoms with Crippen LogP contribution in [0.25, 0.3) is 11.1 Å². The molecule has 0 N–H and O–H groups in total. The van der Waals surface area contributed by atoms with Crippen molar-refractivity contribution < 1.29 is 4.79 Å². The lowest BCUT2D eigenvalue weighted by Crippen LogP contribution is -2.40. The van der Waals surface area contributed by atoms with Crippen LogP contribution in [0.4, 0.5) is 0 Å². The number of aryl methyl sites for hydroxylation is 2. The number of piperidine rings is 1. The fourth-order valence-electron chi connectivity index (χ4n) is 3.60. The Labute approximate surface area is 163 Å². The number of hydrogen-bond donors (Lipinski definition) is 0. The highest BCUT2D eigenvalue weighted by Crippen LogP contribution is 2.33. The molecular weight excluding hydrogens is 352 g/mol. The molecule has 0 unspecified atom stereocenters. The second-order valence-corrected chi connectivity index (χ2v) is 7.09. The number of carbonyl (C=O) groups is 1. The molecule has 0 aliphatic carbocycles. The minimum atomic E-state index is -0.0755. The van der Waals surface area contributed by atoms with Crippen LogP contribution in [0.2, 0.25) is 0 Å². The molecule has 0 saturated carbocycles. The summed E-state index contributed by atoms with van der Waals surface area (Å²) in [6, 6.07) is 3.93. The van der Waals surface area contributed by atoms with Crippen LogP contribution in [0, 0.1) is 13.8 Å². The van der Waals surface area contributed by atoms with E-state index in [0.717, 1.165) is 47.7 Å². The normalized spacial score (nSPS) is 16.8. The van der Waals surface area contributed by atoms with Gasteiger partial charge in [0.15, 0.2) is 0 Å². The molecule has 0 aromatic carbocycles. The Morgan fingerprint density at radius 1 is 1.07 bits per heavy atom. The van der Waals surface area contributed by atoms with Crippen LogP contribution in [0.15, 0.2) is 43.1 Å². The van der Waals surface area contributed by atoms with Crippen molar-refractivity contribution in [1.82, 2.24) is 29.8 Å². The smallest absolute Gasteiger partial charge is 0.274 e. The van der Waals surface area contributed by atoms with E-state index in [1.165, 1.54) is 0 Å². The minimum Gasteiger partial charge on any atom is -0.337 e. The summed E-state index contributed by atoms with van der Waals surface area (Å²) in [7, 11) is 0. The van der Waals surface area contributed by atoms with Crippen molar-refractivity contribution in [2.75, 3.05) is 13.1 Å². The fourth-order valence-corrected chi connectivity index (χ4v) is 3.60. The Kier molecular flexibility index (Phi) is 5.06. The molecule has 7 heteroatoms. The van der Waals surface area contributed by atoms with Gasteiger partial charge in [0.1, 0.15) is 11.5 Å².